The number of thiocarbonyl (C=S) groups is 1. The van der Waals surface area contributed by atoms with E-state index in [0.717, 1.165) is 0 Å². The second-order valence-electron chi connectivity index (χ2n) is 8.55. The Balaban J connectivity index is 1.86. The molecular weight excluding hydrogens is 400 g/mol. The van der Waals surface area contributed by atoms with Gasteiger partial charge in [-0.05, 0) is 75.4 Å². The van der Waals surface area contributed by atoms with Crippen LogP contribution < -0.4 is 0 Å². The number of hydrogen-bond acceptors (Lipinski definition) is 9. The molecule has 9 heteroatoms. The molecule has 2 fully saturated rings. The van der Waals surface area contributed by atoms with Crippen LogP contribution in [0.25, 0.3) is 0 Å². The molecule has 0 heterocycles. The Hall–Kier alpha value is -0.840. The van der Waals surface area contributed by atoms with Crippen molar-refractivity contribution in [3.8, 4) is 0 Å². The van der Waals surface area contributed by atoms with Gasteiger partial charge >= 0.3 is 5.97 Å². The van der Waals surface area contributed by atoms with Crippen molar-refractivity contribution in [1.82, 2.24) is 0 Å². The maximum absolute atomic E-state index is 12.4. The van der Waals surface area contributed by atoms with Crippen LogP contribution in [0.5, 0.6) is 0 Å². The average molecular weight is 435 g/mol. The van der Waals surface area contributed by atoms with Crippen LogP contribution in [0.1, 0.15) is 57.8 Å². The number of carbonyl (C=O) groups excluding carboxylic acids is 1. The Kier molecular flexibility index (Phi) is 9.24. The number of aliphatic hydroxyl groups excluding tert-OH is 5. The fourth-order valence-corrected chi connectivity index (χ4v) is 4.50. The third-order valence-corrected chi connectivity index (χ3v) is 6.66. The van der Waals surface area contributed by atoms with E-state index in [4.69, 9.17) is 21.7 Å². The summed E-state index contributed by atoms with van der Waals surface area (Å²) in [6.45, 7) is -0.410. The maximum atomic E-state index is 12.4. The van der Waals surface area contributed by atoms with Crippen LogP contribution in [0.3, 0.4) is 0 Å². The molecular formula is C20H34O8S. The number of esters is 1. The molecule has 8 nitrogen and oxygen atoms in total. The molecule has 0 amide bonds. The van der Waals surface area contributed by atoms with Gasteiger partial charge in [-0.2, -0.15) is 0 Å². The first-order valence-corrected chi connectivity index (χ1v) is 10.8. The highest BCUT2D eigenvalue weighted by Crippen LogP contribution is 2.36. The molecule has 2 aliphatic rings. The summed E-state index contributed by atoms with van der Waals surface area (Å²) in [6, 6.07) is 0. The lowest BCUT2D eigenvalue weighted by molar-refractivity contribution is -0.180. The minimum Gasteiger partial charge on any atom is -0.478 e. The normalized spacial score (nSPS) is 33.7. The molecule has 1 unspecified atom stereocenters. The van der Waals surface area contributed by atoms with Crippen LogP contribution in [0, 0.1) is 11.8 Å². The maximum Gasteiger partial charge on any atom is 0.336 e. The summed E-state index contributed by atoms with van der Waals surface area (Å²) in [6.07, 6.45) is 2.85. The number of ether oxygens (including phenoxy) is 2. The lowest BCUT2D eigenvalue weighted by atomic mass is 9.79. The monoisotopic (exact) mass is 434 g/mol. The van der Waals surface area contributed by atoms with Gasteiger partial charge in [0.25, 0.3) is 0 Å². The van der Waals surface area contributed by atoms with E-state index in [0.29, 0.717) is 51.4 Å². The summed E-state index contributed by atoms with van der Waals surface area (Å²) in [5, 5.41) is 48.2. The standard InChI is InChI=1S/C20H34O8S/c21-10-14-1-5-19(12-23,6-2-14)27-17(29)9-16(25)18(26)28-20(13-24)7-3-15(11-22)4-8-20/h14-16,21-25H,1-13H2. The summed E-state index contributed by atoms with van der Waals surface area (Å²) in [4.78, 5) is 12.4. The zero-order valence-corrected chi connectivity index (χ0v) is 17.6. The van der Waals surface area contributed by atoms with E-state index in [-0.39, 0.29) is 49.7 Å². The van der Waals surface area contributed by atoms with E-state index in [1.165, 1.54) is 0 Å². The molecule has 5 N–H and O–H groups in total. The van der Waals surface area contributed by atoms with Crippen molar-refractivity contribution in [1.29, 1.82) is 0 Å². The second-order valence-corrected chi connectivity index (χ2v) is 9.00. The minimum atomic E-state index is -1.52. The Morgan fingerprint density at radius 1 is 0.862 bits per heavy atom. The molecule has 1 atom stereocenters. The molecule has 0 radical (unpaired) electrons. The fourth-order valence-electron chi connectivity index (χ4n) is 4.16. The molecule has 2 rings (SSSR count). The first-order chi connectivity index (χ1) is 13.8. The lowest BCUT2D eigenvalue weighted by Crippen LogP contribution is -2.46. The molecule has 29 heavy (non-hydrogen) atoms. The van der Waals surface area contributed by atoms with Crippen molar-refractivity contribution in [2.75, 3.05) is 26.4 Å². The first-order valence-electron chi connectivity index (χ1n) is 10.4. The highest BCUT2D eigenvalue weighted by molar-refractivity contribution is 7.80. The smallest absolute Gasteiger partial charge is 0.336 e. The van der Waals surface area contributed by atoms with Crippen LogP contribution in [0.15, 0.2) is 0 Å². The number of aliphatic hydroxyl groups is 5. The molecule has 0 aromatic rings. The van der Waals surface area contributed by atoms with Crippen molar-refractivity contribution in [2.45, 2.75) is 75.1 Å². The van der Waals surface area contributed by atoms with Gasteiger partial charge in [-0.25, -0.2) is 4.79 Å². The van der Waals surface area contributed by atoms with Gasteiger partial charge in [0.15, 0.2) is 11.2 Å². The number of hydrogen-bond donors (Lipinski definition) is 5. The van der Waals surface area contributed by atoms with Crippen LogP contribution in [-0.2, 0) is 14.3 Å². The Labute approximate surface area is 176 Å². The van der Waals surface area contributed by atoms with Gasteiger partial charge in [-0.3, -0.25) is 0 Å². The van der Waals surface area contributed by atoms with Crippen LogP contribution in [0.2, 0.25) is 0 Å². The van der Waals surface area contributed by atoms with Gasteiger partial charge < -0.3 is 35.0 Å². The predicted octanol–water partition coefficient (Wildman–Crippen LogP) is 0.452. The van der Waals surface area contributed by atoms with Crippen LogP contribution >= 0.6 is 12.2 Å². The average Bonchev–Trinajstić information content (AvgIpc) is 2.74. The van der Waals surface area contributed by atoms with Gasteiger partial charge in [0.2, 0.25) is 0 Å². The Bertz CT molecular complexity index is 539. The predicted molar refractivity (Wildman–Crippen MR) is 108 cm³/mol. The van der Waals surface area contributed by atoms with Gasteiger partial charge in [-0.1, -0.05) is 0 Å². The van der Waals surface area contributed by atoms with Crippen molar-refractivity contribution in [2.24, 2.45) is 11.8 Å². The summed E-state index contributed by atoms with van der Waals surface area (Å²) in [5.41, 5.74) is -1.89. The Morgan fingerprint density at radius 2 is 1.28 bits per heavy atom. The zero-order valence-electron chi connectivity index (χ0n) is 16.8. The largest absolute Gasteiger partial charge is 0.478 e. The van der Waals surface area contributed by atoms with Gasteiger partial charge in [-0.15, -0.1) is 0 Å². The molecule has 0 saturated heterocycles. The van der Waals surface area contributed by atoms with E-state index in [1.54, 1.807) is 0 Å². The molecule has 0 aliphatic heterocycles. The summed E-state index contributed by atoms with van der Waals surface area (Å²) in [5.74, 6) is -0.549. The van der Waals surface area contributed by atoms with E-state index >= 15 is 0 Å². The van der Waals surface area contributed by atoms with Crippen LogP contribution in [0.4, 0.5) is 0 Å². The van der Waals surface area contributed by atoms with Gasteiger partial charge in [0.1, 0.15) is 11.2 Å². The molecule has 0 bridgehead atoms. The molecule has 0 aromatic heterocycles. The summed E-state index contributed by atoms with van der Waals surface area (Å²) in [7, 11) is 0. The van der Waals surface area contributed by atoms with E-state index in [1.807, 2.05) is 0 Å². The fraction of sp³-hybridized carbons (Fsp3) is 0.900. The van der Waals surface area contributed by atoms with Crippen molar-refractivity contribution in [3.05, 3.63) is 0 Å². The molecule has 2 aliphatic carbocycles. The van der Waals surface area contributed by atoms with Gasteiger partial charge in [0.05, 0.1) is 19.6 Å². The first kappa shape index (κ1) is 24.4. The minimum absolute atomic E-state index is 0.0213. The molecule has 0 aromatic carbocycles. The lowest BCUT2D eigenvalue weighted by Gasteiger charge is -2.39. The van der Waals surface area contributed by atoms with Crippen molar-refractivity contribution >= 4 is 23.2 Å². The van der Waals surface area contributed by atoms with E-state index in [2.05, 4.69) is 0 Å². The highest BCUT2D eigenvalue weighted by Gasteiger charge is 2.41. The SMILES string of the molecule is O=C(OC1(CO)CCC(CO)CC1)C(O)CC(=S)OC1(CO)CCC(CO)CC1. The van der Waals surface area contributed by atoms with Crippen molar-refractivity contribution < 1.29 is 39.8 Å². The number of carbonyl (C=O) groups is 1. The van der Waals surface area contributed by atoms with Gasteiger partial charge in [0, 0.05) is 13.2 Å². The van der Waals surface area contributed by atoms with Crippen molar-refractivity contribution in [3.63, 3.8) is 0 Å². The number of rotatable bonds is 9. The highest BCUT2D eigenvalue weighted by atomic mass is 32.1. The van der Waals surface area contributed by atoms with E-state index < -0.39 is 23.3 Å². The van der Waals surface area contributed by atoms with E-state index in [9.17, 15) is 30.3 Å². The summed E-state index contributed by atoms with van der Waals surface area (Å²) < 4.78 is 11.2. The zero-order chi connectivity index (χ0) is 21.5. The quantitative estimate of drug-likeness (QED) is 0.259. The third-order valence-electron chi connectivity index (χ3n) is 6.41. The third kappa shape index (κ3) is 6.57. The molecule has 0 spiro atoms. The molecule has 2 saturated carbocycles. The summed E-state index contributed by atoms with van der Waals surface area (Å²) >= 11 is 5.19. The molecule has 168 valence electrons. The Morgan fingerprint density at radius 3 is 1.66 bits per heavy atom. The topological polar surface area (TPSA) is 137 Å². The van der Waals surface area contributed by atoms with Crippen LogP contribution in [-0.4, -0.2) is 80.3 Å². The second kappa shape index (κ2) is 11.0.